The van der Waals surface area contributed by atoms with Gasteiger partial charge in [-0.05, 0) is 13.8 Å². The van der Waals surface area contributed by atoms with E-state index in [1.54, 1.807) is 0 Å². The van der Waals surface area contributed by atoms with Crippen molar-refractivity contribution in [2.24, 2.45) is 0 Å². The summed E-state index contributed by atoms with van der Waals surface area (Å²) >= 11 is 0. The molecule has 0 saturated carbocycles. The van der Waals surface area contributed by atoms with E-state index >= 15 is 0 Å². The minimum absolute atomic E-state index is 0.00778. The molecule has 0 radical (unpaired) electrons. The molecular weight excluding hydrogens is 236 g/mol. The maximum absolute atomic E-state index is 12.1. The summed E-state index contributed by atoms with van der Waals surface area (Å²) in [4.78, 5) is 23.5. The van der Waals surface area contributed by atoms with Crippen LogP contribution in [0.4, 0.5) is 0 Å². The molecule has 2 aromatic rings. The van der Waals surface area contributed by atoms with Crippen LogP contribution in [0, 0.1) is 6.92 Å². The molecule has 1 N–H and O–H groups in total. The Balaban J connectivity index is 2.96. The Morgan fingerprint density at radius 3 is 2.61 bits per heavy atom. The Morgan fingerprint density at radius 1 is 1.39 bits per heavy atom. The van der Waals surface area contributed by atoms with E-state index in [1.807, 2.05) is 0 Å². The second-order valence-electron chi connectivity index (χ2n) is 3.94. The van der Waals surface area contributed by atoms with Crippen molar-refractivity contribution in [3.8, 4) is 11.5 Å². The molecular formula is C13H12O5. The van der Waals surface area contributed by atoms with Gasteiger partial charge in [0.2, 0.25) is 5.43 Å². The van der Waals surface area contributed by atoms with Crippen molar-refractivity contribution in [2.75, 3.05) is 7.11 Å². The lowest BCUT2D eigenvalue weighted by atomic mass is 10.1. The molecule has 94 valence electrons. The van der Waals surface area contributed by atoms with E-state index in [9.17, 15) is 14.7 Å². The van der Waals surface area contributed by atoms with Gasteiger partial charge in [-0.2, -0.15) is 0 Å². The first-order valence-electron chi connectivity index (χ1n) is 5.31. The fourth-order valence-corrected chi connectivity index (χ4v) is 1.91. The molecule has 1 heterocycles. The van der Waals surface area contributed by atoms with E-state index < -0.39 is 11.2 Å². The third-order valence-electron chi connectivity index (χ3n) is 2.71. The predicted octanol–water partition coefficient (Wildman–Crippen LogP) is 2.02. The molecule has 0 amide bonds. The van der Waals surface area contributed by atoms with Crippen molar-refractivity contribution in [3.05, 3.63) is 33.7 Å². The Kier molecular flexibility index (Phi) is 2.82. The number of hydrogen-bond donors (Lipinski definition) is 1. The van der Waals surface area contributed by atoms with Crippen LogP contribution in [0.3, 0.4) is 0 Å². The molecule has 0 unspecified atom stereocenters. The number of benzene rings is 1. The predicted molar refractivity (Wildman–Crippen MR) is 65.4 cm³/mol. The summed E-state index contributed by atoms with van der Waals surface area (Å²) in [5.41, 5.74) is -0.372. The molecule has 0 fully saturated rings. The SMILES string of the molecule is COc1cc(O)c2c(=O)c(C(C)=O)c(C)oc2c1. The van der Waals surface area contributed by atoms with Crippen molar-refractivity contribution < 1.29 is 19.1 Å². The summed E-state index contributed by atoms with van der Waals surface area (Å²) in [6.45, 7) is 2.82. The lowest BCUT2D eigenvalue weighted by molar-refractivity contribution is 0.101. The van der Waals surface area contributed by atoms with Crippen LogP contribution in [-0.4, -0.2) is 18.0 Å². The maximum atomic E-state index is 12.1. The lowest BCUT2D eigenvalue weighted by Crippen LogP contribution is -2.15. The van der Waals surface area contributed by atoms with Crippen molar-refractivity contribution in [2.45, 2.75) is 13.8 Å². The first kappa shape index (κ1) is 12.2. The molecule has 0 bridgehead atoms. The number of Topliss-reactive ketones (excluding diaryl/α,β-unsaturated/α-hetero) is 1. The molecule has 18 heavy (non-hydrogen) atoms. The summed E-state index contributed by atoms with van der Waals surface area (Å²) in [6.07, 6.45) is 0. The highest BCUT2D eigenvalue weighted by atomic mass is 16.5. The minimum atomic E-state index is -0.526. The fourth-order valence-electron chi connectivity index (χ4n) is 1.91. The van der Waals surface area contributed by atoms with Crippen molar-refractivity contribution in [1.82, 2.24) is 0 Å². The van der Waals surface area contributed by atoms with Gasteiger partial charge >= 0.3 is 0 Å². The van der Waals surface area contributed by atoms with Gasteiger partial charge in [-0.15, -0.1) is 0 Å². The normalized spacial score (nSPS) is 10.6. The minimum Gasteiger partial charge on any atom is -0.507 e. The number of carbonyl (C=O) groups is 1. The summed E-state index contributed by atoms with van der Waals surface area (Å²) in [5.74, 6) is -0.0512. The molecule has 0 aliphatic carbocycles. The van der Waals surface area contributed by atoms with Crippen LogP contribution in [0.1, 0.15) is 23.0 Å². The first-order valence-corrected chi connectivity index (χ1v) is 5.31. The van der Waals surface area contributed by atoms with E-state index in [1.165, 1.54) is 33.1 Å². The number of rotatable bonds is 2. The third-order valence-corrected chi connectivity index (χ3v) is 2.71. The van der Waals surface area contributed by atoms with Crippen LogP contribution in [0.5, 0.6) is 11.5 Å². The highest BCUT2D eigenvalue weighted by Crippen LogP contribution is 2.29. The van der Waals surface area contributed by atoms with Gasteiger partial charge in [0.1, 0.15) is 33.8 Å². The molecule has 5 heteroatoms. The van der Waals surface area contributed by atoms with E-state index in [0.717, 1.165) is 0 Å². The average Bonchev–Trinajstić information content (AvgIpc) is 2.26. The molecule has 1 aromatic heterocycles. The van der Waals surface area contributed by atoms with Crippen molar-refractivity contribution in [3.63, 3.8) is 0 Å². The number of aromatic hydroxyl groups is 1. The molecule has 1 aromatic carbocycles. The van der Waals surface area contributed by atoms with Crippen LogP contribution >= 0.6 is 0 Å². The van der Waals surface area contributed by atoms with Gasteiger partial charge < -0.3 is 14.3 Å². The molecule has 0 atom stereocenters. The molecule has 0 aliphatic heterocycles. The Labute approximate surface area is 103 Å². The number of fused-ring (bicyclic) bond motifs is 1. The molecule has 0 saturated heterocycles. The number of carbonyl (C=O) groups excluding carboxylic acids is 1. The van der Waals surface area contributed by atoms with Crippen molar-refractivity contribution in [1.29, 1.82) is 0 Å². The van der Waals surface area contributed by atoms with Crippen LogP contribution in [-0.2, 0) is 0 Å². The molecule has 0 spiro atoms. The highest BCUT2D eigenvalue weighted by molar-refractivity contribution is 5.99. The first-order chi connectivity index (χ1) is 8.45. The summed E-state index contributed by atoms with van der Waals surface area (Å²) in [7, 11) is 1.44. The standard InChI is InChI=1S/C13H12O5/c1-6(14)11-7(2)18-10-5-8(17-3)4-9(15)12(10)13(11)16/h4-5,15H,1-3H3. The maximum Gasteiger partial charge on any atom is 0.207 e. The number of aryl methyl sites for hydroxylation is 1. The zero-order valence-corrected chi connectivity index (χ0v) is 10.2. The van der Waals surface area contributed by atoms with E-state index in [2.05, 4.69) is 0 Å². The molecule has 2 rings (SSSR count). The summed E-state index contributed by atoms with van der Waals surface area (Å²) < 4.78 is 10.4. The van der Waals surface area contributed by atoms with E-state index in [4.69, 9.17) is 9.15 Å². The van der Waals surface area contributed by atoms with Crippen LogP contribution in [0.2, 0.25) is 0 Å². The van der Waals surface area contributed by atoms with Crippen molar-refractivity contribution >= 4 is 16.8 Å². The molecule has 5 nitrogen and oxygen atoms in total. The Bertz CT molecular complexity index is 697. The topological polar surface area (TPSA) is 76.7 Å². The Morgan fingerprint density at radius 2 is 2.06 bits per heavy atom. The average molecular weight is 248 g/mol. The van der Waals surface area contributed by atoms with E-state index in [0.29, 0.717) is 5.75 Å². The smallest absolute Gasteiger partial charge is 0.207 e. The zero-order chi connectivity index (χ0) is 13.4. The summed E-state index contributed by atoms with van der Waals surface area (Å²) in [6, 6.07) is 2.80. The quantitative estimate of drug-likeness (QED) is 0.823. The number of phenols is 1. The van der Waals surface area contributed by atoms with Gasteiger partial charge in [0.15, 0.2) is 5.78 Å². The van der Waals surface area contributed by atoms with Crippen LogP contribution in [0.25, 0.3) is 11.0 Å². The van der Waals surface area contributed by atoms with Gasteiger partial charge in [0.25, 0.3) is 0 Å². The highest BCUT2D eigenvalue weighted by Gasteiger charge is 2.18. The van der Waals surface area contributed by atoms with Gasteiger partial charge in [-0.3, -0.25) is 9.59 Å². The van der Waals surface area contributed by atoms with Gasteiger partial charge in [0, 0.05) is 12.1 Å². The monoisotopic (exact) mass is 248 g/mol. The third kappa shape index (κ3) is 1.73. The number of ketones is 1. The summed E-state index contributed by atoms with van der Waals surface area (Å²) in [5, 5.41) is 9.80. The van der Waals surface area contributed by atoms with Gasteiger partial charge in [-0.25, -0.2) is 0 Å². The van der Waals surface area contributed by atoms with E-state index in [-0.39, 0.29) is 28.0 Å². The fraction of sp³-hybridized carbons (Fsp3) is 0.231. The molecule has 0 aliphatic rings. The van der Waals surface area contributed by atoms with Crippen LogP contribution < -0.4 is 10.2 Å². The lowest BCUT2D eigenvalue weighted by Gasteiger charge is -2.07. The number of ether oxygens (including phenoxy) is 1. The number of phenolic OH excluding ortho intramolecular Hbond substituents is 1. The zero-order valence-electron chi connectivity index (χ0n) is 10.2. The van der Waals surface area contributed by atoms with Gasteiger partial charge in [0.05, 0.1) is 7.11 Å². The number of methoxy groups -OCH3 is 1. The second kappa shape index (κ2) is 4.18. The second-order valence-corrected chi connectivity index (χ2v) is 3.94. The van der Waals surface area contributed by atoms with Crippen LogP contribution in [0.15, 0.2) is 21.3 Å². The Hall–Kier alpha value is -2.30. The largest absolute Gasteiger partial charge is 0.507 e. The van der Waals surface area contributed by atoms with Gasteiger partial charge in [-0.1, -0.05) is 0 Å². The number of hydrogen-bond acceptors (Lipinski definition) is 5.